The van der Waals surface area contributed by atoms with Gasteiger partial charge in [0, 0.05) is 56.5 Å². The van der Waals surface area contributed by atoms with Gasteiger partial charge in [-0.1, -0.05) is 128 Å². The molecule has 68 heavy (non-hydrogen) atoms. The average Bonchev–Trinajstić information content (AvgIpc) is 3.40. The molecule has 5 nitrogen and oxygen atoms in total. The van der Waals surface area contributed by atoms with E-state index < -0.39 is 7.14 Å². The van der Waals surface area contributed by atoms with Gasteiger partial charge in [0.1, 0.15) is 11.5 Å². The molecule has 0 aliphatic heterocycles. The van der Waals surface area contributed by atoms with Gasteiger partial charge in [0.05, 0.1) is 12.9 Å². The third-order valence-corrected chi connectivity index (χ3v) is 16.4. The molecule has 0 aromatic heterocycles. The van der Waals surface area contributed by atoms with E-state index in [1.165, 1.54) is 27.2 Å². The standard InChI is InChI=1S/C62H51N2O3P/c1-44-16-36-61(37-17-44)68(65,60-14-4-3-5-15-60)62-38-34-59(35-39-62)67-58-32-28-52(29-33-58)64(54-23-19-46-11-7-9-13-48(46)41-54)56-25-21-49-42-55(24-20-50(49)43-56)63(51-26-30-57(66-2)31-27-51)53-22-18-45-10-6-8-12-47(45)40-53/h3-16,18-26,28-30,32-44H,17,27,31H2,1-2H3. The summed E-state index contributed by atoms with van der Waals surface area (Å²) in [7, 11) is -1.32. The average molecular weight is 903 g/mol. The molecule has 0 bridgehead atoms. The number of methoxy groups -OCH3 is 1. The van der Waals surface area contributed by atoms with Crippen molar-refractivity contribution in [3.8, 4) is 11.5 Å². The fourth-order valence-electron chi connectivity index (χ4n) is 9.58. The number of fused-ring (bicyclic) bond motifs is 3. The second-order valence-corrected chi connectivity index (χ2v) is 20.4. The van der Waals surface area contributed by atoms with Crippen molar-refractivity contribution in [2.24, 2.45) is 5.92 Å². The van der Waals surface area contributed by atoms with Gasteiger partial charge in [-0.2, -0.15) is 0 Å². The molecule has 2 unspecified atom stereocenters. The van der Waals surface area contributed by atoms with E-state index >= 15 is 4.57 Å². The SMILES string of the molecule is COC1=CC=C(N(c2ccc3ccccc3c2)c2ccc3cc(N(c4ccc(Oc5ccc(P(=O)(C6=CCC(C)C=C6)c6ccccc6)cc5)cc4)c4ccc5ccccc5c4)ccc3c2)CC1. The molecule has 0 saturated carbocycles. The number of ether oxygens (including phenoxy) is 2. The topological polar surface area (TPSA) is 42.0 Å². The van der Waals surface area contributed by atoms with Crippen molar-refractivity contribution in [1.82, 2.24) is 0 Å². The quantitative estimate of drug-likeness (QED) is 0.114. The van der Waals surface area contributed by atoms with Crippen LogP contribution in [0.1, 0.15) is 26.2 Å². The molecule has 0 fully saturated rings. The van der Waals surface area contributed by atoms with E-state index in [-0.39, 0.29) is 0 Å². The van der Waals surface area contributed by atoms with Gasteiger partial charge in [0.2, 0.25) is 0 Å². The highest BCUT2D eigenvalue weighted by atomic mass is 31.2. The van der Waals surface area contributed by atoms with Gasteiger partial charge in [-0.05, 0) is 160 Å². The van der Waals surface area contributed by atoms with Gasteiger partial charge in [0.15, 0.2) is 7.14 Å². The van der Waals surface area contributed by atoms with Crippen LogP contribution in [0.25, 0.3) is 32.3 Å². The normalized spacial score (nSPS) is 15.6. The van der Waals surface area contributed by atoms with Crippen LogP contribution in [-0.4, -0.2) is 7.11 Å². The molecular weight excluding hydrogens is 852 g/mol. The van der Waals surface area contributed by atoms with Gasteiger partial charge in [-0.3, -0.25) is 0 Å². The number of hydrogen-bond acceptors (Lipinski definition) is 5. The Morgan fingerprint density at radius 2 is 0.956 bits per heavy atom. The maximum atomic E-state index is 15.1. The van der Waals surface area contributed by atoms with E-state index in [2.05, 4.69) is 181 Å². The van der Waals surface area contributed by atoms with Crippen LogP contribution in [-0.2, 0) is 9.30 Å². The minimum Gasteiger partial charge on any atom is -0.501 e. The summed E-state index contributed by atoms with van der Waals surface area (Å²) >= 11 is 0. The van der Waals surface area contributed by atoms with Crippen molar-refractivity contribution in [1.29, 1.82) is 0 Å². The fourth-order valence-corrected chi connectivity index (χ4v) is 12.3. The first-order valence-corrected chi connectivity index (χ1v) is 25.1. The molecule has 0 N–H and O–H groups in total. The molecule has 11 rings (SSSR count). The molecule has 9 aromatic carbocycles. The summed E-state index contributed by atoms with van der Waals surface area (Å²) in [6.07, 6.45) is 13.2. The van der Waals surface area contributed by atoms with Crippen LogP contribution in [0.2, 0.25) is 0 Å². The zero-order valence-electron chi connectivity index (χ0n) is 38.2. The van der Waals surface area contributed by atoms with Crippen LogP contribution in [0.15, 0.2) is 247 Å². The van der Waals surface area contributed by atoms with Gasteiger partial charge in [0.25, 0.3) is 0 Å². The third-order valence-electron chi connectivity index (χ3n) is 13.3. The molecule has 9 aromatic rings. The summed E-state index contributed by atoms with van der Waals surface area (Å²) in [5, 5.41) is 9.58. The van der Waals surface area contributed by atoms with Gasteiger partial charge in [-0.15, -0.1) is 0 Å². The Morgan fingerprint density at radius 1 is 0.485 bits per heavy atom. The van der Waals surface area contributed by atoms with Crippen molar-refractivity contribution in [2.75, 3.05) is 16.9 Å². The highest BCUT2D eigenvalue weighted by Gasteiger charge is 2.31. The molecule has 332 valence electrons. The number of allylic oxidation sites excluding steroid dienone is 8. The minimum absolute atomic E-state index is 0.430. The van der Waals surface area contributed by atoms with Crippen LogP contribution in [0.3, 0.4) is 0 Å². The van der Waals surface area contributed by atoms with Gasteiger partial charge >= 0.3 is 0 Å². The van der Waals surface area contributed by atoms with Crippen LogP contribution in [0.5, 0.6) is 11.5 Å². The molecule has 0 heterocycles. The number of hydrogen-bond donors (Lipinski definition) is 0. The molecule has 6 heteroatoms. The smallest absolute Gasteiger partial charge is 0.170 e. The first kappa shape index (κ1) is 42.8. The Hall–Kier alpha value is -7.85. The van der Waals surface area contributed by atoms with Crippen molar-refractivity contribution < 1.29 is 14.0 Å². The van der Waals surface area contributed by atoms with Gasteiger partial charge in [-0.25, -0.2) is 0 Å². The van der Waals surface area contributed by atoms with E-state index in [4.69, 9.17) is 9.47 Å². The predicted molar refractivity (Wildman–Crippen MR) is 285 cm³/mol. The van der Waals surface area contributed by atoms with Crippen molar-refractivity contribution in [3.63, 3.8) is 0 Å². The third kappa shape index (κ3) is 8.42. The Balaban J connectivity index is 0.913. The number of benzene rings is 9. The molecule has 0 spiro atoms. The minimum atomic E-state index is -3.07. The largest absolute Gasteiger partial charge is 0.501 e. The van der Waals surface area contributed by atoms with Crippen LogP contribution < -0.4 is 25.1 Å². The Labute approximate surface area is 398 Å². The summed E-state index contributed by atoms with van der Waals surface area (Å²) in [5.41, 5.74) is 6.55. The Bertz CT molecular complexity index is 3500. The molecule has 0 amide bonds. The van der Waals surface area contributed by atoms with Crippen LogP contribution in [0, 0.1) is 5.92 Å². The first-order valence-electron chi connectivity index (χ1n) is 23.4. The summed E-state index contributed by atoms with van der Waals surface area (Å²) < 4.78 is 27.1. The lowest BCUT2D eigenvalue weighted by molar-refractivity contribution is 0.275. The van der Waals surface area contributed by atoms with Crippen molar-refractivity contribution >= 4 is 78.5 Å². The second-order valence-electron chi connectivity index (χ2n) is 17.7. The number of nitrogens with zero attached hydrogens (tertiary/aromatic N) is 2. The van der Waals surface area contributed by atoms with E-state index in [0.29, 0.717) is 17.4 Å². The highest BCUT2D eigenvalue weighted by molar-refractivity contribution is 7.82. The van der Waals surface area contributed by atoms with Crippen LogP contribution in [0.4, 0.5) is 28.4 Å². The summed E-state index contributed by atoms with van der Waals surface area (Å²) in [5.74, 6) is 2.81. The van der Waals surface area contributed by atoms with Crippen LogP contribution >= 0.6 is 7.14 Å². The first-order chi connectivity index (χ1) is 33.4. The fraction of sp³-hybridized carbons (Fsp3) is 0.0968. The molecular formula is C62H51N2O3P. The Morgan fingerprint density at radius 3 is 1.47 bits per heavy atom. The predicted octanol–water partition coefficient (Wildman–Crippen LogP) is 16.5. The maximum Gasteiger partial charge on any atom is 0.170 e. The zero-order valence-corrected chi connectivity index (χ0v) is 39.1. The highest BCUT2D eigenvalue weighted by Crippen LogP contribution is 2.54. The molecule has 2 atom stereocenters. The van der Waals surface area contributed by atoms with E-state index in [9.17, 15) is 0 Å². The summed E-state index contributed by atoms with van der Waals surface area (Å²) in [6.45, 7) is 2.18. The van der Waals surface area contributed by atoms with Crippen molar-refractivity contribution in [3.05, 3.63) is 247 Å². The zero-order chi connectivity index (χ0) is 46.0. The summed E-state index contributed by atoms with van der Waals surface area (Å²) in [6, 6.07) is 69.8. The Kier molecular flexibility index (Phi) is 11.6. The monoisotopic (exact) mass is 902 g/mol. The number of rotatable bonds is 12. The lowest BCUT2D eigenvalue weighted by Gasteiger charge is -2.30. The van der Waals surface area contributed by atoms with E-state index in [0.717, 1.165) is 80.2 Å². The molecule has 0 radical (unpaired) electrons. The molecule has 0 saturated heterocycles. The van der Waals surface area contributed by atoms with Gasteiger partial charge < -0.3 is 23.8 Å². The lowest BCUT2D eigenvalue weighted by Crippen LogP contribution is -2.18. The maximum absolute atomic E-state index is 15.1. The van der Waals surface area contributed by atoms with Crippen molar-refractivity contribution in [2.45, 2.75) is 26.2 Å². The van der Waals surface area contributed by atoms with E-state index in [1.807, 2.05) is 66.7 Å². The summed E-state index contributed by atoms with van der Waals surface area (Å²) in [4.78, 5) is 4.70. The second kappa shape index (κ2) is 18.4. The lowest BCUT2D eigenvalue weighted by atomic mass is 10.0. The molecule has 2 aliphatic carbocycles. The molecule has 2 aliphatic rings. The van der Waals surface area contributed by atoms with E-state index in [1.54, 1.807) is 7.11 Å². The number of anilines is 5.